The Bertz CT molecular complexity index is 457. The van der Waals surface area contributed by atoms with E-state index in [1.807, 2.05) is 0 Å². The van der Waals surface area contributed by atoms with Crippen LogP contribution < -0.4 is 0 Å². The summed E-state index contributed by atoms with van der Waals surface area (Å²) in [6.07, 6.45) is 7.63. The molecule has 1 aromatic heterocycles. The fourth-order valence-electron chi connectivity index (χ4n) is 3.63. The van der Waals surface area contributed by atoms with Gasteiger partial charge in [-0.3, -0.25) is 4.79 Å². The molecule has 104 valence electrons. The summed E-state index contributed by atoms with van der Waals surface area (Å²) in [4.78, 5) is 14.9. The maximum atomic E-state index is 10.4. The molecule has 2 fully saturated rings. The molecule has 5 nitrogen and oxygen atoms in total. The van der Waals surface area contributed by atoms with Gasteiger partial charge in [0.15, 0.2) is 5.82 Å². The molecule has 1 aromatic rings. The minimum absolute atomic E-state index is 0.216. The molecule has 0 radical (unpaired) electrons. The van der Waals surface area contributed by atoms with Gasteiger partial charge in [-0.1, -0.05) is 11.6 Å². The van der Waals surface area contributed by atoms with Crippen LogP contribution in [0.25, 0.3) is 0 Å². The van der Waals surface area contributed by atoms with E-state index >= 15 is 0 Å². The molecule has 1 heterocycles. The Hall–Kier alpha value is -1.39. The van der Waals surface area contributed by atoms with E-state index in [2.05, 4.69) is 10.1 Å². The minimum Gasteiger partial charge on any atom is -0.481 e. The number of carboxylic acids is 1. The predicted octanol–water partition coefficient (Wildman–Crippen LogP) is 2.77. The van der Waals surface area contributed by atoms with Crippen molar-refractivity contribution in [3.8, 4) is 0 Å². The molecule has 3 unspecified atom stereocenters. The van der Waals surface area contributed by atoms with E-state index in [-0.39, 0.29) is 6.42 Å². The predicted molar refractivity (Wildman–Crippen MR) is 67.7 cm³/mol. The number of carbonyl (C=O) groups is 1. The molecule has 3 atom stereocenters. The lowest BCUT2D eigenvalue weighted by atomic mass is 9.88. The van der Waals surface area contributed by atoms with Crippen molar-refractivity contribution in [2.45, 2.75) is 57.3 Å². The highest BCUT2D eigenvalue weighted by atomic mass is 16.5. The second-order valence-electron chi connectivity index (χ2n) is 5.93. The van der Waals surface area contributed by atoms with Crippen LogP contribution in [0.1, 0.15) is 62.6 Å². The Morgan fingerprint density at radius 1 is 1.32 bits per heavy atom. The van der Waals surface area contributed by atoms with Crippen LogP contribution in [0.4, 0.5) is 0 Å². The van der Waals surface area contributed by atoms with Crippen molar-refractivity contribution in [2.75, 3.05) is 0 Å². The molecule has 1 N–H and O–H groups in total. The summed E-state index contributed by atoms with van der Waals surface area (Å²) < 4.78 is 5.28. The maximum absolute atomic E-state index is 10.4. The van der Waals surface area contributed by atoms with Gasteiger partial charge < -0.3 is 9.63 Å². The van der Waals surface area contributed by atoms with Crippen LogP contribution in [0.2, 0.25) is 0 Å². The molecule has 3 rings (SSSR count). The van der Waals surface area contributed by atoms with Gasteiger partial charge in [-0.05, 0) is 43.9 Å². The van der Waals surface area contributed by atoms with Gasteiger partial charge >= 0.3 is 5.97 Å². The van der Waals surface area contributed by atoms with Crippen LogP contribution in [-0.4, -0.2) is 21.2 Å². The lowest BCUT2D eigenvalue weighted by molar-refractivity contribution is -0.137. The third-order valence-electron chi connectivity index (χ3n) is 4.58. The van der Waals surface area contributed by atoms with Crippen molar-refractivity contribution in [1.82, 2.24) is 10.1 Å². The molecule has 0 spiro atoms. The highest BCUT2D eigenvalue weighted by Gasteiger charge is 2.42. The number of aryl methyl sites for hydroxylation is 1. The van der Waals surface area contributed by atoms with Crippen LogP contribution in [-0.2, 0) is 11.2 Å². The van der Waals surface area contributed by atoms with Crippen molar-refractivity contribution in [3.63, 3.8) is 0 Å². The van der Waals surface area contributed by atoms with E-state index in [1.54, 1.807) is 0 Å². The lowest BCUT2D eigenvalue weighted by Crippen LogP contribution is -2.10. The number of hydrogen-bond acceptors (Lipinski definition) is 4. The number of nitrogens with zero attached hydrogens (tertiary/aromatic N) is 2. The van der Waals surface area contributed by atoms with E-state index in [4.69, 9.17) is 9.63 Å². The Balaban J connectivity index is 1.51. The van der Waals surface area contributed by atoms with Gasteiger partial charge in [-0.2, -0.15) is 4.98 Å². The number of fused-ring (bicyclic) bond motifs is 2. The summed E-state index contributed by atoms with van der Waals surface area (Å²) in [6, 6.07) is 0. The zero-order valence-electron chi connectivity index (χ0n) is 11.0. The highest BCUT2D eigenvalue weighted by Crippen LogP contribution is 2.52. The zero-order valence-corrected chi connectivity index (χ0v) is 11.0. The fourth-order valence-corrected chi connectivity index (χ4v) is 3.63. The van der Waals surface area contributed by atoms with Gasteiger partial charge in [0.05, 0.1) is 0 Å². The van der Waals surface area contributed by atoms with Crippen LogP contribution >= 0.6 is 0 Å². The van der Waals surface area contributed by atoms with E-state index in [0.717, 1.165) is 24.1 Å². The summed E-state index contributed by atoms with van der Waals surface area (Å²) in [6.45, 7) is 0. The molecule has 0 aliphatic heterocycles. The normalized spacial score (nSPS) is 28.9. The Labute approximate surface area is 112 Å². The molecule has 0 saturated heterocycles. The van der Waals surface area contributed by atoms with Crippen LogP contribution in [0.15, 0.2) is 4.52 Å². The van der Waals surface area contributed by atoms with Gasteiger partial charge in [0.2, 0.25) is 5.89 Å². The number of aromatic nitrogens is 2. The summed E-state index contributed by atoms with van der Waals surface area (Å²) in [5, 5.41) is 12.7. The Kier molecular flexibility index (Phi) is 3.53. The second-order valence-corrected chi connectivity index (χ2v) is 5.93. The first-order valence-corrected chi connectivity index (χ1v) is 7.26. The van der Waals surface area contributed by atoms with Crippen molar-refractivity contribution >= 4 is 5.97 Å². The zero-order chi connectivity index (χ0) is 13.2. The Morgan fingerprint density at radius 2 is 2.21 bits per heavy atom. The number of unbranched alkanes of at least 4 members (excludes halogenated alkanes) is 1. The van der Waals surface area contributed by atoms with Crippen LogP contribution in [0.5, 0.6) is 0 Å². The average molecular weight is 264 g/mol. The summed E-state index contributed by atoms with van der Waals surface area (Å²) in [5.41, 5.74) is 0. The summed E-state index contributed by atoms with van der Waals surface area (Å²) in [7, 11) is 0. The van der Waals surface area contributed by atoms with Crippen molar-refractivity contribution in [1.29, 1.82) is 0 Å². The van der Waals surface area contributed by atoms with Gasteiger partial charge in [-0.25, -0.2) is 0 Å². The molecule has 2 saturated carbocycles. The molecule has 19 heavy (non-hydrogen) atoms. The van der Waals surface area contributed by atoms with E-state index in [1.165, 1.54) is 25.7 Å². The molecule has 0 aromatic carbocycles. The molecule has 0 amide bonds. The van der Waals surface area contributed by atoms with Crippen molar-refractivity contribution in [2.24, 2.45) is 11.8 Å². The van der Waals surface area contributed by atoms with Crippen LogP contribution in [0, 0.1) is 11.8 Å². The topological polar surface area (TPSA) is 76.2 Å². The molecule has 2 aliphatic carbocycles. The molecule has 2 bridgehead atoms. The Morgan fingerprint density at radius 3 is 2.89 bits per heavy atom. The number of hydrogen-bond donors (Lipinski definition) is 1. The standard InChI is InChI=1S/C14H20N2O3/c17-13(18)4-2-1-3-12-15-14(16-19-12)11-8-9-5-6-10(11)7-9/h9-11H,1-8H2,(H,17,18). The highest BCUT2D eigenvalue weighted by molar-refractivity contribution is 5.66. The van der Waals surface area contributed by atoms with Gasteiger partial charge in [0, 0.05) is 18.8 Å². The van der Waals surface area contributed by atoms with Crippen molar-refractivity contribution in [3.05, 3.63) is 11.7 Å². The van der Waals surface area contributed by atoms with E-state index in [9.17, 15) is 4.79 Å². The first kappa shape index (κ1) is 12.6. The second kappa shape index (κ2) is 5.31. The molecule has 5 heteroatoms. The molecule has 2 aliphatic rings. The first-order valence-electron chi connectivity index (χ1n) is 7.26. The third kappa shape index (κ3) is 2.80. The van der Waals surface area contributed by atoms with Gasteiger partial charge in [0.25, 0.3) is 0 Å². The number of aliphatic carboxylic acids is 1. The van der Waals surface area contributed by atoms with Gasteiger partial charge in [-0.15, -0.1) is 0 Å². The third-order valence-corrected chi connectivity index (χ3v) is 4.58. The summed E-state index contributed by atoms with van der Waals surface area (Å²) >= 11 is 0. The van der Waals surface area contributed by atoms with E-state index < -0.39 is 5.97 Å². The number of carboxylic acid groups (broad SMARTS) is 1. The maximum Gasteiger partial charge on any atom is 0.303 e. The van der Waals surface area contributed by atoms with E-state index in [0.29, 0.717) is 24.7 Å². The smallest absolute Gasteiger partial charge is 0.303 e. The summed E-state index contributed by atoms with van der Waals surface area (Å²) in [5.74, 6) is 2.97. The fraction of sp³-hybridized carbons (Fsp3) is 0.786. The van der Waals surface area contributed by atoms with Crippen molar-refractivity contribution < 1.29 is 14.4 Å². The molecular weight excluding hydrogens is 244 g/mol. The molecular formula is C14H20N2O3. The minimum atomic E-state index is -0.742. The number of rotatable bonds is 6. The average Bonchev–Trinajstić information content (AvgIpc) is 3.09. The first-order chi connectivity index (χ1) is 9.22. The SMILES string of the molecule is O=C(O)CCCCc1nc(C2CC3CCC2C3)no1. The monoisotopic (exact) mass is 264 g/mol. The quantitative estimate of drug-likeness (QED) is 0.799. The van der Waals surface area contributed by atoms with Gasteiger partial charge in [0.1, 0.15) is 0 Å². The van der Waals surface area contributed by atoms with Crippen LogP contribution in [0.3, 0.4) is 0 Å². The lowest BCUT2D eigenvalue weighted by Gasteiger charge is -2.17. The largest absolute Gasteiger partial charge is 0.481 e.